The van der Waals surface area contributed by atoms with Crippen LogP contribution in [0.15, 0.2) is 30.3 Å². The fourth-order valence-electron chi connectivity index (χ4n) is 4.35. The van der Waals surface area contributed by atoms with Gasteiger partial charge < -0.3 is 4.90 Å². The molecule has 1 aromatic rings. The van der Waals surface area contributed by atoms with E-state index in [1.54, 1.807) is 4.31 Å². The highest BCUT2D eigenvalue weighted by atomic mass is 32.2. The van der Waals surface area contributed by atoms with Crippen LogP contribution >= 0.6 is 0 Å². The van der Waals surface area contributed by atoms with Crippen molar-refractivity contribution in [2.75, 3.05) is 26.2 Å². The third kappa shape index (κ3) is 3.38. The predicted molar refractivity (Wildman–Crippen MR) is 98.4 cm³/mol. The van der Waals surface area contributed by atoms with Gasteiger partial charge in [-0.1, -0.05) is 30.3 Å². The number of hydrogen-bond donors (Lipinski definition) is 2. The Morgan fingerprint density at radius 1 is 1.12 bits per heavy atom. The molecule has 0 saturated carbocycles. The minimum absolute atomic E-state index is 0.0912. The molecule has 7 nitrogen and oxygen atoms in total. The zero-order valence-electron chi connectivity index (χ0n) is 14.8. The summed E-state index contributed by atoms with van der Waals surface area (Å²) in [6, 6.07) is 9.56. The van der Waals surface area contributed by atoms with Crippen LogP contribution < -0.4 is 10.9 Å². The van der Waals surface area contributed by atoms with Crippen LogP contribution in [-0.4, -0.2) is 61.0 Å². The van der Waals surface area contributed by atoms with Crippen molar-refractivity contribution in [3.8, 4) is 0 Å². The summed E-state index contributed by atoms with van der Waals surface area (Å²) in [6.07, 6.45) is 2.07. The molecule has 3 fully saturated rings. The van der Waals surface area contributed by atoms with Crippen LogP contribution in [0.5, 0.6) is 0 Å². The first-order valence-electron chi connectivity index (χ1n) is 9.36. The molecule has 0 bridgehead atoms. The normalized spacial score (nSPS) is 31.5. The minimum Gasteiger partial charge on any atom is -0.341 e. The predicted octanol–water partition coefficient (Wildman–Crippen LogP) is 0.306. The van der Waals surface area contributed by atoms with Crippen molar-refractivity contribution in [3.05, 3.63) is 35.9 Å². The number of nitrogens with zero attached hydrogens (tertiary/aromatic N) is 2. The Kier molecular flexibility index (Phi) is 5.00. The van der Waals surface area contributed by atoms with Crippen molar-refractivity contribution in [1.82, 2.24) is 20.1 Å². The maximum absolute atomic E-state index is 13.0. The highest BCUT2D eigenvalue weighted by Crippen LogP contribution is 2.35. The number of rotatable bonds is 3. The Bertz CT molecular complexity index is 749. The smallest absolute Gasteiger partial charge is 0.241 e. The third-order valence-corrected chi connectivity index (χ3v) is 8.19. The summed E-state index contributed by atoms with van der Waals surface area (Å²) in [5.41, 5.74) is 7.01. The summed E-state index contributed by atoms with van der Waals surface area (Å²) in [6.45, 7) is 2.96. The Morgan fingerprint density at radius 3 is 2.62 bits per heavy atom. The molecule has 3 aliphatic rings. The molecule has 0 aliphatic carbocycles. The van der Waals surface area contributed by atoms with Crippen molar-refractivity contribution < 1.29 is 13.2 Å². The molecule has 3 atom stereocenters. The van der Waals surface area contributed by atoms with E-state index in [2.05, 4.69) is 10.9 Å². The molecule has 1 aromatic carbocycles. The summed E-state index contributed by atoms with van der Waals surface area (Å²) in [4.78, 5) is 14.5. The van der Waals surface area contributed by atoms with E-state index in [1.807, 2.05) is 35.2 Å². The monoisotopic (exact) mass is 378 g/mol. The second kappa shape index (κ2) is 7.26. The average Bonchev–Trinajstić information content (AvgIpc) is 3.18. The van der Waals surface area contributed by atoms with Crippen LogP contribution in [0.25, 0.3) is 0 Å². The molecule has 3 aliphatic heterocycles. The molecule has 4 rings (SSSR count). The second-order valence-corrected chi connectivity index (χ2v) is 9.59. The van der Waals surface area contributed by atoms with Gasteiger partial charge in [0.25, 0.3) is 0 Å². The molecule has 2 N–H and O–H groups in total. The van der Waals surface area contributed by atoms with Crippen molar-refractivity contribution in [3.63, 3.8) is 0 Å². The number of nitrogens with one attached hydrogen (secondary N) is 2. The lowest BCUT2D eigenvalue weighted by molar-refractivity contribution is -0.133. The van der Waals surface area contributed by atoms with E-state index in [9.17, 15) is 13.2 Å². The van der Waals surface area contributed by atoms with Crippen molar-refractivity contribution in [1.29, 1.82) is 0 Å². The van der Waals surface area contributed by atoms with E-state index in [0.717, 1.165) is 24.9 Å². The third-order valence-electron chi connectivity index (χ3n) is 5.81. The lowest BCUT2D eigenvalue weighted by atomic mass is 10.0. The van der Waals surface area contributed by atoms with Crippen LogP contribution in [-0.2, 0) is 21.4 Å². The number of carbonyl (C=O) groups excluding carboxylic acids is 1. The average molecular weight is 378 g/mol. The van der Waals surface area contributed by atoms with Gasteiger partial charge in [-0.2, -0.15) is 4.31 Å². The van der Waals surface area contributed by atoms with Gasteiger partial charge in [-0.25, -0.2) is 13.8 Å². The first kappa shape index (κ1) is 17.9. The van der Waals surface area contributed by atoms with Gasteiger partial charge in [-0.3, -0.25) is 10.2 Å². The number of benzene rings is 1. The largest absolute Gasteiger partial charge is 0.341 e. The molecule has 142 valence electrons. The van der Waals surface area contributed by atoms with Gasteiger partial charge in [-0.05, 0) is 30.7 Å². The van der Waals surface area contributed by atoms with Crippen molar-refractivity contribution in [2.24, 2.45) is 5.92 Å². The molecule has 0 radical (unpaired) electrons. The summed E-state index contributed by atoms with van der Waals surface area (Å²) < 4.78 is 27.7. The van der Waals surface area contributed by atoms with Crippen LogP contribution in [0.4, 0.5) is 0 Å². The SMILES string of the molecule is O=C(C1CCNN1)N1CC[C@@H]2CN(Cc3ccccc3)S(=O)(=O)[C@@H]2CC1. The molecule has 1 unspecified atom stereocenters. The first-order chi connectivity index (χ1) is 12.6. The van der Waals surface area contributed by atoms with Crippen LogP contribution in [0, 0.1) is 5.92 Å². The molecular formula is C18H26N4O3S. The summed E-state index contributed by atoms with van der Waals surface area (Å²) >= 11 is 0. The number of hydrogen-bond acceptors (Lipinski definition) is 5. The Balaban J connectivity index is 1.43. The Hall–Kier alpha value is -1.48. The number of fused-ring (bicyclic) bond motifs is 1. The first-order valence-corrected chi connectivity index (χ1v) is 10.9. The van der Waals surface area contributed by atoms with Gasteiger partial charge in [0.15, 0.2) is 0 Å². The van der Waals surface area contributed by atoms with Gasteiger partial charge in [0, 0.05) is 32.7 Å². The number of sulfonamides is 1. The van der Waals surface area contributed by atoms with Crippen molar-refractivity contribution in [2.45, 2.75) is 37.1 Å². The fraction of sp³-hybridized carbons (Fsp3) is 0.611. The second-order valence-electron chi connectivity index (χ2n) is 7.44. The van der Waals surface area contributed by atoms with Crippen molar-refractivity contribution >= 4 is 15.9 Å². The number of carbonyl (C=O) groups is 1. The summed E-state index contributed by atoms with van der Waals surface area (Å²) in [7, 11) is -3.31. The Morgan fingerprint density at radius 2 is 1.88 bits per heavy atom. The van der Waals surface area contributed by atoms with Gasteiger partial charge in [0.05, 0.1) is 5.25 Å². The van der Waals surface area contributed by atoms with E-state index in [0.29, 0.717) is 32.6 Å². The summed E-state index contributed by atoms with van der Waals surface area (Å²) in [5.74, 6) is 0.199. The summed E-state index contributed by atoms with van der Waals surface area (Å²) in [5, 5.41) is -0.362. The van der Waals surface area contributed by atoms with Crippen LogP contribution in [0.2, 0.25) is 0 Å². The zero-order chi connectivity index (χ0) is 18.1. The van der Waals surface area contributed by atoms with Gasteiger partial charge >= 0.3 is 0 Å². The molecule has 8 heteroatoms. The molecule has 3 heterocycles. The van der Waals surface area contributed by atoms with Gasteiger partial charge in [0.1, 0.15) is 6.04 Å². The maximum Gasteiger partial charge on any atom is 0.241 e. The van der Waals surface area contributed by atoms with E-state index in [-0.39, 0.29) is 23.1 Å². The standard InChI is InChI=1S/C18H26N4O3S/c23-18(16-6-9-19-20-16)21-10-7-15-13-22(12-14-4-2-1-3-5-14)26(24,25)17(15)8-11-21/h1-5,15-17,19-20H,6-13H2/t15-,16?,17-/m1/s1. The van der Waals surface area contributed by atoms with E-state index in [4.69, 9.17) is 0 Å². The van der Waals surface area contributed by atoms with E-state index in [1.165, 1.54) is 0 Å². The molecule has 3 saturated heterocycles. The van der Waals surface area contributed by atoms with E-state index >= 15 is 0 Å². The lowest BCUT2D eigenvalue weighted by Crippen LogP contribution is -2.46. The highest BCUT2D eigenvalue weighted by Gasteiger charge is 2.47. The molecule has 0 aromatic heterocycles. The number of amides is 1. The molecule has 0 spiro atoms. The van der Waals surface area contributed by atoms with Gasteiger partial charge in [0.2, 0.25) is 15.9 Å². The molecular weight excluding hydrogens is 352 g/mol. The topological polar surface area (TPSA) is 81.8 Å². The highest BCUT2D eigenvalue weighted by molar-refractivity contribution is 7.90. The maximum atomic E-state index is 13.0. The van der Waals surface area contributed by atoms with E-state index < -0.39 is 10.0 Å². The van der Waals surface area contributed by atoms with Crippen LogP contribution in [0.1, 0.15) is 24.8 Å². The zero-order valence-corrected chi connectivity index (χ0v) is 15.6. The number of likely N-dealkylation sites (tertiary alicyclic amines) is 1. The van der Waals surface area contributed by atoms with Crippen LogP contribution in [0.3, 0.4) is 0 Å². The molecule has 26 heavy (non-hydrogen) atoms. The lowest BCUT2D eigenvalue weighted by Gasteiger charge is -2.24. The van der Waals surface area contributed by atoms with Gasteiger partial charge in [-0.15, -0.1) is 0 Å². The minimum atomic E-state index is -3.31. The molecule has 1 amide bonds. The fourth-order valence-corrected chi connectivity index (χ4v) is 6.57. The Labute approximate surface area is 154 Å². The number of hydrazine groups is 1. The quantitative estimate of drug-likeness (QED) is 0.791.